The molecule has 0 bridgehead atoms. The Morgan fingerprint density at radius 1 is 1.27 bits per heavy atom. The summed E-state index contributed by atoms with van der Waals surface area (Å²) in [4.78, 5) is 0. The lowest BCUT2D eigenvalue weighted by atomic mass is 9.79. The van der Waals surface area contributed by atoms with E-state index in [4.69, 9.17) is 10.0 Å². The normalized spacial score (nSPS) is 11.2. The summed E-state index contributed by atoms with van der Waals surface area (Å²) in [6.45, 7) is 0. The molecule has 0 heterocycles. The lowest BCUT2D eigenvalue weighted by molar-refractivity contribution is 0.426. The van der Waals surface area contributed by atoms with Crippen molar-refractivity contribution in [3.05, 3.63) is 24.3 Å². The fourth-order valence-electron chi connectivity index (χ4n) is 1.17. The highest BCUT2D eigenvalue weighted by molar-refractivity contribution is 7.92. The first-order valence-corrected chi connectivity index (χ1v) is 6.08. The molecule has 82 valence electrons. The highest BCUT2D eigenvalue weighted by atomic mass is 32.2. The van der Waals surface area contributed by atoms with Crippen LogP contribution in [0.3, 0.4) is 0 Å². The average molecular weight is 229 g/mol. The Kier molecular flexibility index (Phi) is 3.38. The van der Waals surface area contributed by atoms with E-state index in [0.717, 1.165) is 10.6 Å². The van der Waals surface area contributed by atoms with Crippen LogP contribution in [-0.4, -0.2) is 38.9 Å². The second-order valence-electron chi connectivity index (χ2n) is 3.16. The minimum Gasteiger partial charge on any atom is -0.423 e. The van der Waals surface area contributed by atoms with Gasteiger partial charge in [-0.05, 0) is 6.07 Å². The molecule has 15 heavy (non-hydrogen) atoms. The fraction of sp³-hybridized carbons (Fsp3) is 0.250. The van der Waals surface area contributed by atoms with Gasteiger partial charge in [-0.1, -0.05) is 18.2 Å². The molecule has 7 heteroatoms. The van der Waals surface area contributed by atoms with Crippen LogP contribution in [0.4, 0.5) is 5.69 Å². The van der Waals surface area contributed by atoms with Crippen LogP contribution in [-0.2, 0) is 10.0 Å². The number of para-hydroxylation sites is 1. The van der Waals surface area contributed by atoms with Crippen molar-refractivity contribution in [3.63, 3.8) is 0 Å². The molecule has 0 saturated carbocycles. The molecule has 1 rings (SSSR count). The molecule has 5 nitrogen and oxygen atoms in total. The second kappa shape index (κ2) is 4.22. The van der Waals surface area contributed by atoms with Crippen molar-refractivity contribution in [2.45, 2.75) is 0 Å². The third-order valence-corrected chi connectivity index (χ3v) is 3.24. The summed E-state index contributed by atoms with van der Waals surface area (Å²) >= 11 is 0. The van der Waals surface area contributed by atoms with E-state index in [9.17, 15) is 8.42 Å². The molecule has 0 radical (unpaired) electrons. The standard InChI is InChI=1S/C8H12BNO4S/c1-10(15(2,13)14)8-6-4-3-5-7(8)9(11)12/h3-6,11-12H,1-2H3. The van der Waals surface area contributed by atoms with E-state index in [1.54, 1.807) is 12.1 Å². The predicted octanol–water partition coefficient (Wildman–Crippen LogP) is -1.24. The fourth-order valence-corrected chi connectivity index (χ4v) is 1.69. The molecular formula is C8H12BNO4S. The maximum absolute atomic E-state index is 11.3. The van der Waals surface area contributed by atoms with E-state index in [2.05, 4.69) is 0 Å². The molecule has 0 aromatic heterocycles. The molecule has 0 saturated heterocycles. The summed E-state index contributed by atoms with van der Waals surface area (Å²) in [5, 5.41) is 18.1. The molecule has 0 fully saturated rings. The van der Waals surface area contributed by atoms with Crippen LogP contribution in [0.2, 0.25) is 0 Å². The van der Waals surface area contributed by atoms with Crippen molar-refractivity contribution >= 4 is 28.3 Å². The van der Waals surface area contributed by atoms with Gasteiger partial charge in [0.2, 0.25) is 10.0 Å². The second-order valence-corrected chi connectivity index (χ2v) is 5.18. The lowest BCUT2D eigenvalue weighted by Crippen LogP contribution is -2.37. The van der Waals surface area contributed by atoms with Crippen LogP contribution in [0.5, 0.6) is 0 Å². The number of nitrogens with zero attached hydrogens (tertiary/aromatic N) is 1. The minimum absolute atomic E-state index is 0.158. The van der Waals surface area contributed by atoms with E-state index in [1.165, 1.54) is 19.2 Å². The van der Waals surface area contributed by atoms with Gasteiger partial charge in [0.25, 0.3) is 0 Å². The smallest absolute Gasteiger partial charge is 0.423 e. The highest BCUT2D eigenvalue weighted by Crippen LogP contribution is 2.12. The number of anilines is 1. The largest absolute Gasteiger partial charge is 0.490 e. The van der Waals surface area contributed by atoms with Crippen LogP contribution in [0.15, 0.2) is 24.3 Å². The average Bonchev–Trinajstić information content (AvgIpc) is 2.15. The molecular weight excluding hydrogens is 217 g/mol. The van der Waals surface area contributed by atoms with E-state index < -0.39 is 17.1 Å². The Morgan fingerprint density at radius 2 is 1.80 bits per heavy atom. The summed E-state index contributed by atoms with van der Waals surface area (Å²) in [6.07, 6.45) is 1.05. The van der Waals surface area contributed by atoms with Crippen molar-refractivity contribution in [2.75, 3.05) is 17.6 Å². The van der Waals surface area contributed by atoms with Gasteiger partial charge in [-0.3, -0.25) is 4.31 Å². The van der Waals surface area contributed by atoms with Gasteiger partial charge in [-0.15, -0.1) is 0 Å². The number of hydrogen-bond donors (Lipinski definition) is 2. The van der Waals surface area contributed by atoms with Gasteiger partial charge < -0.3 is 10.0 Å². The zero-order chi connectivity index (χ0) is 11.6. The van der Waals surface area contributed by atoms with Gasteiger partial charge in [0.1, 0.15) is 0 Å². The van der Waals surface area contributed by atoms with Gasteiger partial charge in [-0.2, -0.15) is 0 Å². The Labute approximate surface area is 89.2 Å². The highest BCUT2D eigenvalue weighted by Gasteiger charge is 2.21. The molecule has 0 aliphatic heterocycles. The van der Waals surface area contributed by atoms with E-state index in [0.29, 0.717) is 0 Å². The molecule has 0 atom stereocenters. The van der Waals surface area contributed by atoms with Crippen LogP contribution in [0, 0.1) is 0 Å². The van der Waals surface area contributed by atoms with Crippen molar-refractivity contribution in [1.29, 1.82) is 0 Å². The zero-order valence-electron chi connectivity index (χ0n) is 8.45. The first-order chi connectivity index (χ1) is 6.84. The van der Waals surface area contributed by atoms with E-state index in [-0.39, 0.29) is 11.2 Å². The number of hydrogen-bond acceptors (Lipinski definition) is 4. The third-order valence-electron chi connectivity index (χ3n) is 2.05. The Bertz CT molecular complexity index is 446. The summed E-state index contributed by atoms with van der Waals surface area (Å²) in [6, 6.07) is 6.20. The van der Waals surface area contributed by atoms with E-state index in [1.807, 2.05) is 0 Å². The quantitative estimate of drug-likeness (QED) is 0.635. The Morgan fingerprint density at radius 3 is 2.27 bits per heavy atom. The Hall–Kier alpha value is -1.05. The van der Waals surface area contributed by atoms with Crippen molar-refractivity contribution in [1.82, 2.24) is 0 Å². The molecule has 0 aliphatic carbocycles. The van der Waals surface area contributed by atoms with Crippen LogP contribution in [0.1, 0.15) is 0 Å². The lowest BCUT2D eigenvalue weighted by Gasteiger charge is -2.19. The maximum atomic E-state index is 11.3. The zero-order valence-corrected chi connectivity index (χ0v) is 9.27. The van der Waals surface area contributed by atoms with Gasteiger partial charge in [-0.25, -0.2) is 8.42 Å². The number of benzene rings is 1. The summed E-state index contributed by atoms with van der Waals surface area (Å²) < 4.78 is 23.5. The third kappa shape index (κ3) is 2.71. The number of rotatable bonds is 3. The van der Waals surface area contributed by atoms with E-state index >= 15 is 0 Å². The summed E-state index contributed by atoms with van der Waals surface area (Å²) in [5.41, 5.74) is 0.417. The van der Waals surface area contributed by atoms with Crippen LogP contribution in [0.25, 0.3) is 0 Å². The first-order valence-electron chi connectivity index (χ1n) is 4.23. The van der Waals surface area contributed by atoms with Crippen LogP contribution >= 0.6 is 0 Å². The predicted molar refractivity (Wildman–Crippen MR) is 59.5 cm³/mol. The molecule has 0 spiro atoms. The van der Waals surface area contributed by atoms with Crippen LogP contribution < -0.4 is 9.77 Å². The van der Waals surface area contributed by atoms with Crippen molar-refractivity contribution in [2.24, 2.45) is 0 Å². The summed E-state index contributed by atoms with van der Waals surface area (Å²) in [5.74, 6) is 0. The summed E-state index contributed by atoms with van der Waals surface area (Å²) in [7, 11) is -3.73. The van der Waals surface area contributed by atoms with Crippen molar-refractivity contribution in [3.8, 4) is 0 Å². The minimum atomic E-state index is -3.40. The topological polar surface area (TPSA) is 77.8 Å². The SMILES string of the molecule is CN(c1ccccc1B(O)O)S(C)(=O)=O. The first kappa shape index (κ1) is 12.0. The molecule has 2 N–H and O–H groups in total. The van der Waals surface area contributed by atoms with Crippen molar-refractivity contribution < 1.29 is 18.5 Å². The molecule has 0 amide bonds. The van der Waals surface area contributed by atoms with Gasteiger partial charge in [0.15, 0.2) is 0 Å². The molecule has 0 aliphatic rings. The molecule has 1 aromatic rings. The van der Waals surface area contributed by atoms with Gasteiger partial charge in [0, 0.05) is 12.5 Å². The Balaban J connectivity index is 3.26. The molecule has 1 aromatic carbocycles. The van der Waals surface area contributed by atoms with Gasteiger partial charge >= 0.3 is 7.12 Å². The number of sulfonamides is 1. The maximum Gasteiger partial charge on any atom is 0.490 e. The molecule has 0 unspecified atom stereocenters. The van der Waals surface area contributed by atoms with Gasteiger partial charge in [0.05, 0.1) is 11.9 Å². The monoisotopic (exact) mass is 229 g/mol.